The predicted octanol–water partition coefficient (Wildman–Crippen LogP) is 6.92. The first kappa shape index (κ1) is 52.7. The summed E-state index contributed by atoms with van der Waals surface area (Å²) in [7, 11) is 20.6. The Morgan fingerprint density at radius 3 is 1.46 bits per heavy atom. The van der Waals surface area contributed by atoms with E-state index in [4.69, 9.17) is 56.8 Å². The third kappa shape index (κ3) is 11.5. The first-order chi connectivity index (χ1) is 33.8. The lowest BCUT2D eigenvalue weighted by molar-refractivity contribution is -0.941. The van der Waals surface area contributed by atoms with Crippen LogP contribution in [0.1, 0.15) is 58.3 Å². The van der Waals surface area contributed by atoms with Crippen molar-refractivity contribution >= 4 is 11.9 Å². The average molecular weight is 971 g/mol. The standard InChI is InChI=1S/C54H70N2O14/c1-55(23-19-37-32-44(61-5)45(62-6)34-39(37)40(55)28-36-30-46(63-7)52(66-10)47(31-36)64-8)21-13-25-69-49(57)17-18-50(58)70-26-14-22-56(2)24-20-38-33-48(65-9)53(67-11)54(68-12)51(38)41(56)27-35-15-16-42(59-3)43(29-35)60-4/h15-16,29-34,40-41H,13-14,19-28H2,1-12H3/q+2. The molecule has 16 heteroatoms. The summed E-state index contributed by atoms with van der Waals surface area (Å²) in [6.45, 7) is 3.25. The third-order valence-electron chi connectivity index (χ3n) is 14.0. The van der Waals surface area contributed by atoms with E-state index in [1.54, 1.807) is 71.1 Å². The fraction of sp³-hybridized carbons (Fsp3) is 0.481. The molecule has 0 aromatic heterocycles. The lowest BCUT2D eigenvalue weighted by Gasteiger charge is -2.46. The molecule has 16 nitrogen and oxygen atoms in total. The van der Waals surface area contributed by atoms with Crippen molar-refractivity contribution in [1.29, 1.82) is 0 Å². The molecule has 0 amide bonds. The Bertz CT molecular complexity index is 2530. The van der Waals surface area contributed by atoms with E-state index in [0.29, 0.717) is 105 Å². The highest BCUT2D eigenvalue weighted by molar-refractivity contribution is 5.98. The minimum absolute atomic E-state index is 0.00846. The van der Waals surface area contributed by atoms with Crippen LogP contribution in [0.4, 0.5) is 0 Å². The van der Waals surface area contributed by atoms with Gasteiger partial charge >= 0.3 is 11.9 Å². The Balaban J connectivity index is 1.08. The summed E-state index contributed by atoms with van der Waals surface area (Å²) in [6.07, 6.45) is 3.99. The van der Waals surface area contributed by atoms with Gasteiger partial charge in [-0.15, -0.1) is 0 Å². The first-order valence-electron chi connectivity index (χ1n) is 23.4. The molecular formula is C54H70N2O14+2. The van der Waals surface area contributed by atoms with E-state index in [0.717, 1.165) is 53.7 Å². The number of esters is 2. The second-order valence-corrected chi connectivity index (χ2v) is 17.9. The molecule has 0 radical (unpaired) electrons. The third-order valence-corrected chi connectivity index (χ3v) is 14.0. The number of ether oxygens (including phenoxy) is 12. The second-order valence-electron chi connectivity index (χ2n) is 17.9. The number of hydrogen-bond acceptors (Lipinski definition) is 14. The van der Waals surface area contributed by atoms with E-state index in [-0.39, 0.29) is 25.3 Å². The van der Waals surface area contributed by atoms with Gasteiger partial charge in [-0.1, -0.05) is 6.07 Å². The van der Waals surface area contributed by atoms with Crippen molar-refractivity contribution in [2.75, 3.05) is 125 Å². The van der Waals surface area contributed by atoms with Gasteiger partial charge in [0.15, 0.2) is 46.0 Å². The van der Waals surface area contributed by atoms with Gasteiger partial charge in [-0.2, -0.15) is 0 Å². The van der Waals surface area contributed by atoms with Gasteiger partial charge in [0.1, 0.15) is 12.1 Å². The summed E-state index contributed by atoms with van der Waals surface area (Å²) >= 11 is 0. The van der Waals surface area contributed by atoms with Crippen molar-refractivity contribution in [1.82, 2.24) is 0 Å². The number of fused-ring (bicyclic) bond motifs is 2. The molecule has 4 aromatic rings. The van der Waals surface area contributed by atoms with Crippen LogP contribution in [0.2, 0.25) is 0 Å². The normalized spacial score (nSPS) is 18.9. The molecule has 2 aliphatic rings. The van der Waals surface area contributed by atoms with E-state index < -0.39 is 11.9 Å². The monoisotopic (exact) mass is 970 g/mol. The van der Waals surface area contributed by atoms with Gasteiger partial charge in [0, 0.05) is 55.9 Å². The number of carbonyl (C=O) groups excluding carboxylic acids is 2. The van der Waals surface area contributed by atoms with Crippen LogP contribution in [0.5, 0.6) is 57.5 Å². The van der Waals surface area contributed by atoms with Crippen LogP contribution in [-0.2, 0) is 44.7 Å². The number of nitrogens with zero attached hydrogens (tertiary/aromatic N) is 2. The van der Waals surface area contributed by atoms with Gasteiger partial charge in [0.2, 0.25) is 11.5 Å². The Kier molecular flexibility index (Phi) is 17.9. The summed E-state index contributed by atoms with van der Waals surface area (Å²) in [5.74, 6) is 9.13. The number of methoxy groups -OCH3 is 10. The minimum atomic E-state index is -0.796. The van der Waals surface area contributed by atoms with Gasteiger partial charge in [-0.05, 0) is 64.7 Å². The molecule has 4 aromatic carbocycles. The fourth-order valence-corrected chi connectivity index (χ4v) is 10.2. The molecule has 0 N–H and O–H groups in total. The molecule has 6 rings (SSSR count). The molecule has 2 aliphatic heterocycles. The van der Waals surface area contributed by atoms with Crippen LogP contribution in [0.3, 0.4) is 0 Å². The lowest BCUT2D eigenvalue weighted by atomic mass is 9.85. The van der Waals surface area contributed by atoms with Crippen molar-refractivity contribution in [2.24, 2.45) is 0 Å². The molecule has 0 fully saturated rings. The summed E-state index contributed by atoms with van der Waals surface area (Å²) in [5, 5.41) is 0. The van der Waals surface area contributed by atoms with Crippen molar-refractivity contribution in [3.05, 3.63) is 81.9 Å². The van der Waals surface area contributed by atoms with Crippen LogP contribution in [0.15, 0.2) is 48.5 Å². The molecule has 4 unspecified atom stereocenters. The largest absolute Gasteiger partial charge is 0.493 e. The Hall–Kier alpha value is -6.70. The quantitative estimate of drug-likeness (QED) is 0.0264. The zero-order valence-electron chi connectivity index (χ0n) is 42.9. The zero-order valence-corrected chi connectivity index (χ0v) is 42.9. The second kappa shape index (κ2) is 23.7. The van der Waals surface area contributed by atoms with Gasteiger partial charge in [0.25, 0.3) is 0 Å². The van der Waals surface area contributed by atoms with Crippen LogP contribution >= 0.6 is 0 Å². The van der Waals surface area contributed by atoms with Gasteiger partial charge in [-0.25, -0.2) is 9.59 Å². The minimum Gasteiger partial charge on any atom is -0.493 e. The van der Waals surface area contributed by atoms with E-state index in [9.17, 15) is 9.59 Å². The first-order valence-corrected chi connectivity index (χ1v) is 23.4. The number of benzene rings is 4. The average Bonchev–Trinajstić information content (AvgIpc) is 3.38. The van der Waals surface area contributed by atoms with Crippen molar-refractivity contribution in [3.63, 3.8) is 0 Å². The van der Waals surface area contributed by atoms with Crippen LogP contribution in [-0.4, -0.2) is 145 Å². The summed E-state index contributed by atoms with van der Waals surface area (Å²) < 4.78 is 69.5. The highest BCUT2D eigenvalue weighted by Gasteiger charge is 2.43. The molecule has 70 heavy (non-hydrogen) atoms. The molecule has 0 saturated heterocycles. The van der Waals surface area contributed by atoms with Gasteiger partial charge < -0.3 is 65.8 Å². The highest BCUT2D eigenvalue weighted by atomic mass is 16.6. The van der Waals surface area contributed by atoms with E-state index in [2.05, 4.69) is 38.1 Å². The molecule has 2 heterocycles. The number of hydrogen-bond donors (Lipinski definition) is 0. The Morgan fingerprint density at radius 1 is 0.486 bits per heavy atom. The maximum absolute atomic E-state index is 12.8. The number of carbonyl (C=O) groups is 2. The van der Waals surface area contributed by atoms with Crippen molar-refractivity contribution in [2.45, 2.75) is 50.6 Å². The van der Waals surface area contributed by atoms with Crippen LogP contribution in [0, 0.1) is 11.8 Å². The topological polar surface area (TPSA) is 145 Å². The number of likely N-dealkylation sites (N-methyl/N-ethyl adjacent to an activating group) is 2. The molecule has 0 aliphatic carbocycles. The maximum Gasteiger partial charge on any atom is 0.384 e. The highest BCUT2D eigenvalue weighted by Crippen LogP contribution is 2.51. The number of rotatable bonds is 22. The van der Waals surface area contributed by atoms with E-state index in [1.165, 1.54) is 5.56 Å². The maximum atomic E-state index is 12.8. The predicted molar refractivity (Wildman–Crippen MR) is 262 cm³/mol. The molecule has 0 spiro atoms. The van der Waals surface area contributed by atoms with Crippen LogP contribution in [0.25, 0.3) is 0 Å². The molecule has 378 valence electrons. The van der Waals surface area contributed by atoms with Gasteiger partial charge in [-0.3, -0.25) is 0 Å². The van der Waals surface area contributed by atoms with Crippen LogP contribution < -0.4 is 47.4 Å². The molecular weight excluding hydrogens is 901 g/mol. The number of quaternary nitrogens is 2. The van der Waals surface area contributed by atoms with E-state index in [1.807, 2.05) is 36.4 Å². The SMILES string of the molecule is COc1ccc(CC2c3c(cc(OC)c(OC)c3OC)CC[N+]2(C)CCCOC(=O)C#CC(=O)OCCC[N+]2(C)CCc3cc(OC)c(OC)cc3C2Cc2cc(OC)c(OC)c(OC)c2)cc1OC. The van der Waals surface area contributed by atoms with Crippen molar-refractivity contribution < 1.29 is 75.4 Å². The van der Waals surface area contributed by atoms with Crippen molar-refractivity contribution in [3.8, 4) is 69.3 Å². The Labute approximate surface area is 412 Å². The van der Waals surface area contributed by atoms with Gasteiger partial charge in [0.05, 0.1) is 130 Å². The summed E-state index contributed by atoms with van der Waals surface area (Å²) in [5.41, 5.74) is 6.56. The molecule has 4 atom stereocenters. The zero-order chi connectivity index (χ0) is 50.6. The smallest absolute Gasteiger partial charge is 0.384 e. The lowest BCUT2D eigenvalue weighted by Crippen LogP contribution is -2.52. The molecule has 0 bridgehead atoms. The van der Waals surface area contributed by atoms with E-state index >= 15 is 0 Å². The fourth-order valence-electron chi connectivity index (χ4n) is 10.2. The summed E-state index contributed by atoms with van der Waals surface area (Å²) in [4.78, 5) is 25.6. The Morgan fingerprint density at radius 2 is 0.929 bits per heavy atom. The molecule has 0 saturated carbocycles. The summed E-state index contributed by atoms with van der Waals surface area (Å²) in [6, 6.07) is 16.0.